The zero-order chi connectivity index (χ0) is 60.1. The lowest BCUT2D eigenvalue weighted by Crippen LogP contribution is -2.30. The molecule has 81 heavy (non-hydrogen) atoms. The molecule has 5 atom stereocenters. The van der Waals surface area contributed by atoms with Crippen molar-refractivity contribution in [1.82, 2.24) is 0 Å². The molecule has 0 radical (unpaired) electrons. The van der Waals surface area contributed by atoms with E-state index in [0.29, 0.717) is 31.6 Å². The fourth-order valence-corrected chi connectivity index (χ4v) is 10.8. The Balaban J connectivity index is 5.24. The van der Waals surface area contributed by atoms with Gasteiger partial charge in [-0.25, -0.2) is 9.13 Å². The Labute approximate surface area is 492 Å². The summed E-state index contributed by atoms with van der Waals surface area (Å²) < 4.78 is 67.9. The van der Waals surface area contributed by atoms with Crippen molar-refractivity contribution in [2.75, 3.05) is 39.6 Å². The lowest BCUT2D eigenvalue weighted by Gasteiger charge is -2.21. The van der Waals surface area contributed by atoms with E-state index in [0.717, 1.165) is 95.8 Å². The third kappa shape index (κ3) is 56.9. The zero-order valence-electron chi connectivity index (χ0n) is 52.1. The minimum Gasteiger partial charge on any atom is -0.462 e. The van der Waals surface area contributed by atoms with Gasteiger partial charge in [-0.1, -0.05) is 253 Å². The van der Waals surface area contributed by atoms with E-state index in [1.54, 1.807) is 0 Å². The molecule has 0 heterocycles. The Kier molecular flexibility index (Phi) is 53.4. The van der Waals surface area contributed by atoms with Gasteiger partial charge in [0.1, 0.15) is 19.3 Å². The van der Waals surface area contributed by atoms with Crippen LogP contribution in [0.2, 0.25) is 0 Å². The van der Waals surface area contributed by atoms with Gasteiger partial charge in [-0.15, -0.1) is 0 Å². The van der Waals surface area contributed by atoms with Gasteiger partial charge in [0.05, 0.1) is 26.4 Å². The summed E-state index contributed by atoms with van der Waals surface area (Å²) in [7, 11) is -9.88. The van der Waals surface area contributed by atoms with Gasteiger partial charge in [-0.2, -0.15) is 0 Å². The maximum absolute atomic E-state index is 12.9. The molecule has 0 bridgehead atoms. The number of esters is 4. The molecule has 0 aliphatic rings. The number of carbonyl (C=O) groups excluding carboxylic acids is 4. The average Bonchev–Trinajstić information content (AvgIpc) is 3.42. The number of phosphoric acid groups is 2. The first-order chi connectivity index (χ1) is 38.9. The second-order valence-electron chi connectivity index (χ2n) is 23.4. The van der Waals surface area contributed by atoms with Crippen molar-refractivity contribution in [2.24, 2.45) is 11.8 Å². The predicted octanol–water partition coefficient (Wildman–Crippen LogP) is 16.9. The summed E-state index contributed by atoms with van der Waals surface area (Å²) in [5.41, 5.74) is 0. The van der Waals surface area contributed by atoms with Crippen LogP contribution in [0.25, 0.3) is 0 Å². The van der Waals surface area contributed by atoms with Crippen molar-refractivity contribution >= 4 is 39.5 Å². The molecule has 19 heteroatoms. The molecule has 0 rings (SSSR count). The Bertz CT molecular complexity index is 1600. The summed E-state index contributed by atoms with van der Waals surface area (Å²) >= 11 is 0. The van der Waals surface area contributed by atoms with Gasteiger partial charge in [-0.3, -0.25) is 37.3 Å². The molecule has 0 spiro atoms. The van der Waals surface area contributed by atoms with Crippen molar-refractivity contribution in [3.8, 4) is 0 Å². The van der Waals surface area contributed by atoms with E-state index in [9.17, 15) is 43.2 Å². The van der Waals surface area contributed by atoms with Crippen LogP contribution in [0.1, 0.15) is 305 Å². The van der Waals surface area contributed by atoms with Gasteiger partial charge in [0.15, 0.2) is 12.2 Å². The van der Waals surface area contributed by atoms with Gasteiger partial charge < -0.3 is 33.8 Å². The highest BCUT2D eigenvalue weighted by atomic mass is 31.2. The summed E-state index contributed by atoms with van der Waals surface area (Å²) in [4.78, 5) is 72.0. The smallest absolute Gasteiger partial charge is 0.462 e. The summed E-state index contributed by atoms with van der Waals surface area (Å²) in [6.45, 7) is 9.36. The van der Waals surface area contributed by atoms with Crippen LogP contribution in [0, 0.1) is 11.8 Å². The van der Waals surface area contributed by atoms with Crippen LogP contribution in [0.5, 0.6) is 0 Å². The maximum atomic E-state index is 12.9. The number of hydrogen-bond acceptors (Lipinski definition) is 15. The van der Waals surface area contributed by atoms with E-state index in [2.05, 4.69) is 41.5 Å². The maximum Gasteiger partial charge on any atom is 0.472 e. The predicted molar refractivity (Wildman–Crippen MR) is 321 cm³/mol. The van der Waals surface area contributed by atoms with Crippen molar-refractivity contribution in [2.45, 2.75) is 323 Å². The molecule has 0 fully saturated rings. The summed E-state index contributed by atoms with van der Waals surface area (Å²) in [5, 5.41) is 10.5. The van der Waals surface area contributed by atoms with E-state index < -0.39 is 97.5 Å². The first kappa shape index (κ1) is 79.1. The number of hydrogen-bond donors (Lipinski definition) is 3. The standard InChI is InChI=1S/C62H120O17P2/c1-7-9-11-13-15-17-18-20-27-33-39-45-60(65)73-50-57(78-61(66)46-40-34-28-22-21-24-30-36-42-54(3)4)52-76-80(68,69)74-48-56(63)49-75-81(70,71)77-53-58(51-72-59(64)44-38-32-26-19-16-14-12-10-8-2)79-62(67)47-41-35-29-23-25-31-37-43-55(5)6/h54-58,63H,7-53H2,1-6H3,(H,68,69)(H,70,71)/t56-,57-,58-/m1/s1. The molecular weight excluding hydrogens is 1080 g/mol. The van der Waals surface area contributed by atoms with Gasteiger partial charge >= 0.3 is 39.5 Å². The number of rotatable bonds is 61. The van der Waals surface area contributed by atoms with Crippen molar-refractivity contribution in [1.29, 1.82) is 0 Å². The molecule has 0 aromatic rings. The topological polar surface area (TPSA) is 237 Å². The number of ether oxygens (including phenoxy) is 4. The van der Waals surface area contributed by atoms with Crippen LogP contribution >= 0.6 is 15.6 Å². The van der Waals surface area contributed by atoms with Crippen molar-refractivity contribution in [3.05, 3.63) is 0 Å². The lowest BCUT2D eigenvalue weighted by molar-refractivity contribution is -0.161. The summed E-state index contributed by atoms with van der Waals surface area (Å²) in [6.07, 6.45) is 36.3. The van der Waals surface area contributed by atoms with E-state index in [4.69, 9.17) is 37.0 Å². The number of aliphatic hydroxyl groups excluding tert-OH is 1. The fraction of sp³-hybridized carbons (Fsp3) is 0.935. The molecule has 480 valence electrons. The van der Waals surface area contributed by atoms with E-state index >= 15 is 0 Å². The van der Waals surface area contributed by atoms with Gasteiger partial charge in [-0.05, 0) is 37.5 Å². The number of phosphoric ester groups is 2. The van der Waals surface area contributed by atoms with Crippen LogP contribution in [0.15, 0.2) is 0 Å². The highest BCUT2D eigenvalue weighted by Gasteiger charge is 2.30. The Hall–Kier alpha value is -1.94. The van der Waals surface area contributed by atoms with E-state index in [-0.39, 0.29) is 25.7 Å². The molecule has 0 aliphatic carbocycles. The third-order valence-corrected chi connectivity index (χ3v) is 16.1. The molecule has 0 amide bonds. The molecule has 0 aliphatic heterocycles. The summed E-state index contributed by atoms with van der Waals surface area (Å²) in [5.74, 6) is -0.726. The van der Waals surface area contributed by atoms with E-state index in [1.807, 2.05) is 0 Å². The van der Waals surface area contributed by atoms with Crippen LogP contribution in [-0.2, 0) is 65.4 Å². The van der Waals surface area contributed by atoms with Crippen LogP contribution in [0.3, 0.4) is 0 Å². The molecule has 0 aromatic heterocycles. The monoisotopic (exact) mass is 1200 g/mol. The fourth-order valence-electron chi connectivity index (χ4n) is 9.18. The van der Waals surface area contributed by atoms with Crippen LogP contribution < -0.4 is 0 Å². The number of unbranched alkanes of at least 4 members (excludes halogenated alkanes) is 31. The Morgan fingerprint density at radius 3 is 0.840 bits per heavy atom. The molecule has 0 aromatic carbocycles. The highest BCUT2D eigenvalue weighted by molar-refractivity contribution is 7.47. The molecule has 2 unspecified atom stereocenters. The minimum absolute atomic E-state index is 0.103. The van der Waals surface area contributed by atoms with Crippen LogP contribution in [0.4, 0.5) is 0 Å². The number of carbonyl (C=O) groups is 4. The minimum atomic E-state index is -4.94. The second kappa shape index (κ2) is 54.7. The first-order valence-electron chi connectivity index (χ1n) is 32.5. The molecular formula is C62H120O17P2. The quantitative estimate of drug-likeness (QED) is 0.0222. The van der Waals surface area contributed by atoms with Crippen molar-refractivity contribution < 1.29 is 80.2 Å². The highest BCUT2D eigenvalue weighted by Crippen LogP contribution is 2.45. The van der Waals surface area contributed by atoms with Crippen molar-refractivity contribution in [3.63, 3.8) is 0 Å². The summed E-state index contributed by atoms with van der Waals surface area (Å²) in [6, 6.07) is 0. The van der Waals surface area contributed by atoms with Gasteiger partial charge in [0, 0.05) is 25.7 Å². The zero-order valence-corrected chi connectivity index (χ0v) is 53.9. The molecule has 0 saturated heterocycles. The van der Waals surface area contributed by atoms with Gasteiger partial charge in [0.2, 0.25) is 0 Å². The Morgan fingerprint density at radius 2 is 0.568 bits per heavy atom. The molecule has 17 nitrogen and oxygen atoms in total. The average molecular weight is 1200 g/mol. The number of aliphatic hydroxyl groups is 1. The van der Waals surface area contributed by atoms with E-state index in [1.165, 1.54) is 122 Å². The lowest BCUT2D eigenvalue weighted by atomic mass is 10.0. The third-order valence-electron chi connectivity index (χ3n) is 14.2. The molecule has 0 saturated carbocycles. The van der Waals surface area contributed by atoms with Gasteiger partial charge in [0.25, 0.3) is 0 Å². The Morgan fingerprint density at radius 1 is 0.333 bits per heavy atom. The first-order valence-corrected chi connectivity index (χ1v) is 35.5. The largest absolute Gasteiger partial charge is 0.472 e. The normalized spacial score (nSPS) is 14.4. The SMILES string of the molecule is CCCCCCCCCCCCCC(=O)OC[C@H](COP(=O)(O)OC[C@@H](O)COP(=O)(O)OC[C@@H](COC(=O)CCCCCCCCCCC)OC(=O)CCCCCCCCCC(C)C)OC(=O)CCCCCCCCCCC(C)C. The second-order valence-corrected chi connectivity index (χ2v) is 26.3. The molecule has 3 N–H and O–H groups in total. The van der Waals surface area contributed by atoms with Crippen LogP contribution in [-0.4, -0.2) is 96.7 Å².